The molecule has 0 amide bonds. The summed E-state index contributed by atoms with van der Waals surface area (Å²) in [5, 5.41) is 3.25. The summed E-state index contributed by atoms with van der Waals surface area (Å²) >= 11 is 4.93. The smallest absolute Gasteiger partial charge is 0.124 e. The number of anilines is 1. The van der Waals surface area contributed by atoms with Crippen molar-refractivity contribution in [2.45, 2.75) is 31.8 Å². The van der Waals surface area contributed by atoms with E-state index in [-0.39, 0.29) is 10.8 Å². The Balaban J connectivity index is 1.89. The van der Waals surface area contributed by atoms with E-state index in [9.17, 15) is 4.39 Å². The molecule has 0 aromatic heterocycles. The van der Waals surface area contributed by atoms with Crippen LogP contribution in [0.5, 0.6) is 0 Å². The van der Waals surface area contributed by atoms with E-state index in [4.69, 9.17) is 22.7 Å². The largest absolute Gasteiger partial charge is 0.389 e. The maximum absolute atomic E-state index is 13.2. The van der Waals surface area contributed by atoms with Gasteiger partial charge in [-0.3, -0.25) is 0 Å². The molecule has 0 bridgehead atoms. The number of benzene rings is 1. The van der Waals surface area contributed by atoms with Crippen molar-refractivity contribution < 1.29 is 9.13 Å². The fourth-order valence-corrected chi connectivity index (χ4v) is 2.45. The SMILES string of the molecule is NC(=S)c1cc(F)ccc1NCCC1CCCCO1. The highest BCUT2D eigenvalue weighted by molar-refractivity contribution is 7.80. The van der Waals surface area contributed by atoms with Crippen LogP contribution in [0, 0.1) is 5.82 Å². The third kappa shape index (κ3) is 4.14. The first-order chi connectivity index (χ1) is 9.16. The van der Waals surface area contributed by atoms with Gasteiger partial charge in [-0.1, -0.05) is 12.2 Å². The number of nitrogens with two attached hydrogens (primary N) is 1. The minimum absolute atomic E-state index is 0.205. The molecule has 1 aliphatic heterocycles. The van der Waals surface area contributed by atoms with Gasteiger partial charge in [0.15, 0.2) is 0 Å². The van der Waals surface area contributed by atoms with Gasteiger partial charge in [-0.05, 0) is 43.9 Å². The van der Waals surface area contributed by atoms with Gasteiger partial charge < -0.3 is 15.8 Å². The zero-order chi connectivity index (χ0) is 13.7. The minimum Gasteiger partial charge on any atom is -0.389 e. The third-order valence-electron chi connectivity index (χ3n) is 3.30. The molecule has 0 aliphatic carbocycles. The molecule has 1 aromatic carbocycles. The van der Waals surface area contributed by atoms with Crippen molar-refractivity contribution in [2.24, 2.45) is 5.73 Å². The number of hydrogen-bond acceptors (Lipinski definition) is 3. The Morgan fingerprint density at radius 3 is 3.00 bits per heavy atom. The molecule has 1 fully saturated rings. The summed E-state index contributed by atoms with van der Waals surface area (Å²) in [4.78, 5) is 0.205. The Morgan fingerprint density at radius 1 is 1.47 bits per heavy atom. The number of hydrogen-bond donors (Lipinski definition) is 2. The average molecular weight is 282 g/mol. The summed E-state index contributed by atoms with van der Waals surface area (Å²) in [6.45, 7) is 1.63. The third-order valence-corrected chi connectivity index (χ3v) is 3.52. The molecule has 1 atom stereocenters. The maximum Gasteiger partial charge on any atom is 0.124 e. The van der Waals surface area contributed by atoms with E-state index in [1.54, 1.807) is 6.07 Å². The predicted octanol–water partition coefficient (Wildman–Crippen LogP) is 2.83. The Bertz CT molecular complexity index is 447. The van der Waals surface area contributed by atoms with E-state index in [2.05, 4.69) is 5.32 Å². The summed E-state index contributed by atoms with van der Waals surface area (Å²) < 4.78 is 18.8. The topological polar surface area (TPSA) is 47.3 Å². The summed E-state index contributed by atoms with van der Waals surface area (Å²) in [6.07, 6.45) is 4.78. The molecular formula is C14H19FN2OS. The molecule has 1 aliphatic rings. The monoisotopic (exact) mass is 282 g/mol. The molecule has 2 rings (SSSR count). The number of thiocarbonyl (C=S) groups is 1. The standard InChI is InChI=1S/C14H19FN2OS/c15-10-4-5-13(12(9-10)14(16)19)17-7-6-11-3-1-2-8-18-11/h4-5,9,11,17H,1-3,6-8H2,(H2,16,19). The van der Waals surface area contributed by atoms with Crippen molar-refractivity contribution in [1.29, 1.82) is 0 Å². The Hall–Kier alpha value is -1.20. The molecule has 5 heteroatoms. The fourth-order valence-electron chi connectivity index (χ4n) is 2.28. The number of rotatable bonds is 5. The fraction of sp³-hybridized carbons (Fsp3) is 0.500. The molecule has 0 radical (unpaired) electrons. The van der Waals surface area contributed by atoms with E-state index in [1.807, 2.05) is 0 Å². The van der Waals surface area contributed by atoms with E-state index < -0.39 is 0 Å². The summed E-state index contributed by atoms with van der Waals surface area (Å²) in [5.74, 6) is -0.330. The van der Waals surface area contributed by atoms with E-state index in [0.717, 1.165) is 38.1 Å². The van der Waals surface area contributed by atoms with Crippen LogP contribution in [-0.2, 0) is 4.74 Å². The molecule has 1 aromatic rings. The molecule has 1 heterocycles. The lowest BCUT2D eigenvalue weighted by Crippen LogP contribution is -2.22. The van der Waals surface area contributed by atoms with Crippen LogP contribution >= 0.6 is 12.2 Å². The molecule has 104 valence electrons. The normalized spacial score (nSPS) is 19.1. The number of nitrogens with one attached hydrogen (secondary N) is 1. The van der Waals surface area contributed by atoms with Crippen molar-refractivity contribution in [3.8, 4) is 0 Å². The average Bonchev–Trinajstić information content (AvgIpc) is 2.41. The molecule has 3 N–H and O–H groups in total. The van der Waals surface area contributed by atoms with Crippen molar-refractivity contribution in [2.75, 3.05) is 18.5 Å². The molecule has 0 spiro atoms. The highest BCUT2D eigenvalue weighted by atomic mass is 32.1. The zero-order valence-electron chi connectivity index (χ0n) is 10.8. The quantitative estimate of drug-likeness (QED) is 0.815. The first kappa shape index (κ1) is 14.2. The van der Waals surface area contributed by atoms with Crippen LogP contribution < -0.4 is 11.1 Å². The Labute approximate surface area is 118 Å². The second-order valence-electron chi connectivity index (χ2n) is 4.76. The van der Waals surface area contributed by atoms with Crippen LogP contribution in [0.2, 0.25) is 0 Å². The summed E-state index contributed by atoms with van der Waals surface area (Å²) in [7, 11) is 0. The molecule has 3 nitrogen and oxygen atoms in total. The molecular weight excluding hydrogens is 263 g/mol. The lowest BCUT2D eigenvalue weighted by atomic mass is 10.1. The maximum atomic E-state index is 13.2. The predicted molar refractivity (Wildman–Crippen MR) is 79.0 cm³/mol. The van der Waals surface area contributed by atoms with Gasteiger partial charge in [0.1, 0.15) is 10.8 Å². The van der Waals surface area contributed by atoms with Crippen molar-refractivity contribution >= 4 is 22.9 Å². The van der Waals surface area contributed by atoms with Gasteiger partial charge in [-0.15, -0.1) is 0 Å². The Kier molecular flexibility index (Phi) is 5.10. The van der Waals surface area contributed by atoms with E-state index >= 15 is 0 Å². The van der Waals surface area contributed by atoms with Gasteiger partial charge in [0.2, 0.25) is 0 Å². The first-order valence-electron chi connectivity index (χ1n) is 6.61. The van der Waals surface area contributed by atoms with Gasteiger partial charge in [0.05, 0.1) is 6.10 Å². The van der Waals surface area contributed by atoms with Gasteiger partial charge in [-0.2, -0.15) is 0 Å². The van der Waals surface area contributed by atoms with E-state index in [1.165, 1.54) is 18.6 Å². The molecule has 19 heavy (non-hydrogen) atoms. The van der Waals surface area contributed by atoms with Crippen molar-refractivity contribution in [1.82, 2.24) is 0 Å². The van der Waals surface area contributed by atoms with Crippen LogP contribution in [0.15, 0.2) is 18.2 Å². The van der Waals surface area contributed by atoms with Crippen LogP contribution in [0.3, 0.4) is 0 Å². The van der Waals surface area contributed by atoms with Gasteiger partial charge in [0.25, 0.3) is 0 Å². The summed E-state index contributed by atoms with van der Waals surface area (Å²) in [6, 6.07) is 4.44. The van der Waals surface area contributed by atoms with Crippen molar-refractivity contribution in [3.63, 3.8) is 0 Å². The van der Waals surface area contributed by atoms with Gasteiger partial charge in [0, 0.05) is 24.4 Å². The van der Waals surface area contributed by atoms with Crippen LogP contribution in [0.1, 0.15) is 31.2 Å². The van der Waals surface area contributed by atoms with Gasteiger partial charge >= 0.3 is 0 Å². The molecule has 1 unspecified atom stereocenters. The first-order valence-corrected chi connectivity index (χ1v) is 7.02. The lowest BCUT2D eigenvalue weighted by Gasteiger charge is -2.23. The molecule has 0 saturated carbocycles. The van der Waals surface area contributed by atoms with E-state index in [0.29, 0.717) is 11.7 Å². The molecule has 1 saturated heterocycles. The van der Waals surface area contributed by atoms with Gasteiger partial charge in [-0.25, -0.2) is 4.39 Å². The highest BCUT2D eigenvalue weighted by Crippen LogP contribution is 2.19. The summed E-state index contributed by atoms with van der Waals surface area (Å²) in [5.41, 5.74) is 6.94. The second-order valence-corrected chi connectivity index (χ2v) is 5.20. The number of halogens is 1. The van der Waals surface area contributed by atoms with Crippen LogP contribution in [0.25, 0.3) is 0 Å². The van der Waals surface area contributed by atoms with Crippen LogP contribution in [-0.4, -0.2) is 24.2 Å². The zero-order valence-corrected chi connectivity index (χ0v) is 11.6. The highest BCUT2D eigenvalue weighted by Gasteiger charge is 2.13. The second kappa shape index (κ2) is 6.82. The van der Waals surface area contributed by atoms with Crippen molar-refractivity contribution in [3.05, 3.63) is 29.6 Å². The Morgan fingerprint density at radius 2 is 2.32 bits per heavy atom. The minimum atomic E-state index is -0.330. The number of ether oxygens (including phenoxy) is 1. The van der Waals surface area contributed by atoms with Crippen LogP contribution in [0.4, 0.5) is 10.1 Å². The lowest BCUT2D eigenvalue weighted by molar-refractivity contribution is 0.0134.